The summed E-state index contributed by atoms with van der Waals surface area (Å²) >= 11 is 0. The van der Waals surface area contributed by atoms with Gasteiger partial charge in [0.25, 0.3) is 0 Å². The Bertz CT molecular complexity index is 438. The first-order chi connectivity index (χ1) is 7.34. The first-order valence-electron chi connectivity index (χ1n) is 4.96. The quantitative estimate of drug-likeness (QED) is 0.712. The van der Waals surface area contributed by atoms with E-state index in [1.165, 1.54) is 0 Å². The van der Waals surface area contributed by atoms with Gasteiger partial charge in [0.2, 0.25) is 0 Å². The Morgan fingerprint density at radius 3 is 1.88 bits per heavy atom. The van der Waals surface area contributed by atoms with Gasteiger partial charge in [-0.3, -0.25) is 4.79 Å². The van der Waals surface area contributed by atoms with Gasteiger partial charge in [0.1, 0.15) is 0 Å². The van der Waals surface area contributed by atoms with Crippen LogP contribution in [0.1, 0.15) is 22.3 Å². The van der Waals surface area contributed by atoms with Crippen LogP contribution in [0.4, 0.5) is 5.69 Å². The van der Waals surface area contributed by atoms with Crippen molar-refractivity contribution in [2.75, 3.05) is 5.32 Å². The standard InChI is InChI=1S/C12H15NO3/c1-6-5-7(2)9(4)10(8(6)3)13-11(14)12(15)16/h5H,1-4H3,(H,13,14)(H,15,16). The molecule has 0 fully saturated rings. The van der Waals surface area contributed by atoms with Crippen molar-refractivity contribution in [3.8, 4) is 0 Å². The zero-order chi connectivity index (χ0) is 12.5. The van der Waals surface area contributed by atoms with Crippen LogP contribution in [0.25, 0.3) is 0 Å². The lowest BCUT2D eigenvalue weighted by Gasteiger charge is -2.15. The number of benzene rings is 1. The number of aliphatic carboxylic acids is 1. The number of anilines is 1. The van der Waals surface area contributed by atoms with E-state index >= 15 is 0 Å². The first kappa shape index (κ1) is 12.2. The summed E-state index contributed by atoms with van der Waals surface area (Å²) < 4.78 is 0. The van der Waals surface area contributed by atoms with Crippen molar-refractivity contribution in [1.29, 1.82) is 0 Å². The Morgan fingerprint density at radius 2 is 1.50 bits per heavy atom. The summed E-state index contributed by atoms with van der Waals surface area (Å²) in [5.41, 5.74) is 4.47. The van der Waals surface area contributed by atoms with E-state index in [2.05, 4.69) is 5.32 Å². The predicted octanol–water partition coefficient (Wildman–Crippen LogP) is 1.94. The Balaban J connectivity index is 3.22. The van der Waals surface area contributed by atoms with Crippen molar-refractivity contribution < 1.29 is 14.7 Å². The smallest absolute Gasteiger partial charge is 0.394 e. The molecule has 0 aromatic heterocycles. The number of carboxylic acids is 1. The predicted molar refractivity (Wildman–Crippen MR) is 61.7 cm³/mol. The van der Waals surface area contributed by atoms with Crippen molar-refractivity contribution >= 4 is 17.6 Å². The topological polar surface area (TPSA) is 66.4 Å². The van der Waals surface area contributed by atoms with E-state index in [0.717, 1.165) is 22.3 Å². The van der Waals surface area contributed by atoms with Crippen LogP contribution < -0.4 is 5.32 Å². The van der Waals surface area contributed by atoms with Crippen molar-refractivity contribution in [3.63, 3.8) is 0 Å². The third kappa shape index (κ3) is 2.21. The zero-order valence-electron chi connectivity index (χ0n) is 9.84. The lowest BCUT2D eigenvalue weighted by molar-refractivity contribution is -0.147. The second-order valence-corrected chi connectivity index (χ2v) is 3.89. The third-order valence-corrected chi connectivity index (χ3v) is 2.80. The highest BCUT2D eigenvalue weighted by atomic mass is 16.4. The molecule has 0 heterocycles. The zero-order valence-corrected chi connectivity index (χ0v) is 9.84. The van der Waals surface area contributed by atoms with E-state index < -0.39 is 11.9 Å². The second kappa shape index (κ2) is 4.35. The van der Waals surface area contributed by atoms with Crippen LogP contribution in [0.5, 0.6) is 0 Å². The summed E-state index contributed by atoms with van der Waals surface area (Å²) in [7, 11) is 0. The lowest BCUT2D eigenvalue weighted by atomic mass is 9.99. The summed E-state index contributed by atoms with van der Waals surface area (Å²) in [5, 5.41) is 11.0. The number of hydrogen-bond donors (Lipinski definition) is 2. The molecule has 1 aromatic carbocycles. The summed E-state index contributed by atoms with van der Waals surface area (Å²) in [6.45, 7) is 7.58. The molecule has 16 heavy (non-hydrogen) atoms. The van der Waals surface area contributed by atoms with Crippen molar-refractivity contribution in [2.45, 2.75) is 27.7 Å². The highest BCUT2D eigenvalue weighted by Gasteiger charge is 2.15. The Kier molecular flexibility index (Phi) is 3.32. The van der Waals surface area contributed by atoms with Gasteiger partial charge in [-0.2, -0.15) is 0 Å². The van der Waals surface area contributed by atoms with E-state index in [1.54, 1.807) is 0 Å². The molecule has 0 radical (unpaired) electrons. The van der Waals surface area contributed by atoms with Gasteiger partial charge in [-0.05, 0) is 49.9 Å². The van der Waals surface area contributed by atoms with Gasteiger partial charge in [-0.1, -0.05) is 6.07 Å². The maximum Gasteiger partial charge on any atom is 0.394 e. The molecule has 1 rings (SSSR count). The molecule has 1 amide bonds. The van der Waals surface area contributed by atoms with E-state index in [9.17, 15) is 9.59 Å². The highest BCUT2D eigenvalue weighted by Crippen LogP contribution is 2.26. The average Bonchev–Trinajstić information content (AvgIpc) is 2.21. The van der Waals surface area contributed by atoms with Gasteiger partial charge in [0.05, 0.1) is 0 Å². The van der Waals surface area contributed by atoms with Crippen LogP contribution in [0.2, 0.25) is 0 Å². The monoisotopic (exact) mass is 221 g/mol. The summed E-state index contributed by atoms with van der Waals surface area (Å²) in [4.78, 5) is 21.6. The lowest BCUT2D eigenvalue weighted by Crippen LogP contribution is -2.23. The number of rotatable bonds is 1. The minimum Gasteiger partial charge on any atom is -0.474 e. The van der Waals surface area contributed by atoms with E-state index in [0.29, 0.717) is 5.69 Å². The van der Waals surface area contributed by atoms with Gasteiger partial charge in [0.15, 0.2) is 0 Å². The number of carboxylic acid groups (broad SMARTS) is 1. The molecular formula is C12H15NO3. The normalized spacial score (nSPS) is 10.0. The van der Waals surface area contributed by atoms with Crippen LogP contribution in [0, 0.1) is 27.7 Å². The van der Waals surface area contributed by atoms with E-state index in [4.69, 9.17) is 5.11 Å². The molecule has 0 bridgehead atoms. The maximum absolute atomic E-state index is 11.1. The van der Waals surface area contributed by atoms with Crippen LogP contribution in [-0.4, -0.2) is 17.0 Å². The molecule has 4 heteroatoms. The molecule has 4 nitrogen and oxygen atoms in total. The Hall–Kier alpha value is -1.84. The van der Waals surface area contributed by atoms with Crippen LogP contribution in [-0.2, 0) is 9.59 Å². The molecule has 1 aromatic rings. The summed E-state index contributed by atoms with van der Waals surface area (Å²) in [6.07, 6.45) is 0. The van der Waals surface area contributed by atoms with Crippen molar-refractivity contribution in [2.24, 2.45) is 0 Å². The Morgan fingerprint density at radius 1 is 1.06 bits per heavy atom. The fourth-order valence-electron chi connectivity index (χ4n) is 1.57. The van der Waals surface area contributed by atoms with Crippen LogP contribution in [0.3, 0.4) is 0 Å². The SMILES string of the molecule is Cc1cc(C)c(C)c(NC(=O)C(=O)O)c1C. The van der Waals surface area contributed by atoms with E-state index in [1.807, 2.05) is 33.8 Å². The second-order valence-electron chi connectivity index (χ2n) is 3.89. The van der Waals surface area contributed by atoms with E-state index in [-0.39, 0.29) is 0 Å². The van der Waals surface area contributed by atoms with Crippen molar-refractivity contribution in [1.82, 2.24) is 0 Å². The van der Waals surface area contributed by atoms with Crippen LogP contribution >= 0.6 is 0 Å². The summed E-state index contributed by atoms with van der Waals surface area (Å²) in [5.74, 6) is -2.48. The maximum atomic E-state index is 11.1. The fraction of sp³-hybridized carbons (Fsp3) is 0.333. The van der Waals surface area contributed by atoms with Gasteiger partial charge in [-0.15, -0.1) is 0 Å². The molecular weight excluding hydrogens is 206 g/mol. The third-order valence-electron chi connectivity index (χ3n) is 2.80. The number of carbonyl (C=O) groups is 2. The molecule has 0 unspecified atom stereocenters. The average molecular weight is 221 g/mol. The molecule has 0 aliphatic carbocycles. The molecule has 2 N–H and O–H groups in total. The Labute approximate surface area is 94.3 Å². The number of amides is 1. The molecule has 0 aliphatic heterocycles. The fourth-order valence-corrected chi connectivity index (χ4v) is 1.57. The molecule has 0 spiro atoms. The van der Waals surface area contributed by atoms with Gasteiger partial charge < -0.3 is 10.4 Å². The van der Waals surface area contributed by atoms with Gasteiger partial charge in [-0.25, -0.2) is 4.79 Å². The molecule has 0 saturated heterocycles. The molecule has 86 valence electrons. The number of nitrogens with one attached hydrogen (secondary N) is 1. The van der Waals surface area contributed by atoms with Gasteiger partial charge >= 0.3 is 11.9 Å². The first-order valence-corrected chi connectivity index (χ1v) is 4.96. The van der Waals surface area contributed by atoms with Crippen molar-refractivity contribution in [3.05, 3.63) is 28.3 Å². The summed E-state index contributed by atoms with van der Waals surface area (Å²) in [6, 6.07) is 2.01. The minimum absolute atomic E-state index is 0.602. The molecule has 0 aliphatic rings. The molecule has 0 saturated carbocycles. The van der Waals surface area contributed by atoms with Gasteiger partial charge in [0, 0.05) is 5.69 Å². The number of carbonyl (C=O) groups excluding carboxylic acids is 1. The molecule has 0 atom stereocenters. The minimum atomic E-state index is -1.47. The number of hydrogen-bond acceptors (Lipinski definition) is 2. The number of aryl methyl sites for hydroxylation is 2. The van der Waals surface area contributed by atoms with Crippen LogP contribution in [0.15, 0.2) is 6.07 Å². The largest absolute Gasteiger partial charge is 0.474 e. The highest BCUT2D eigenvalue weighted by molar-refractivity contribution is 6.36.